The zero-order valence-electron chi connectivity index (χ0n) is 9.25. The number of carboxylic acids is 1. The molecule has 1 aromatic heterocycles. The molecule has 0 fully saturated rings. The Morgan fingerprint density at radius 2 is 1.76 bits per heavy atom. The molecular formula is C13H11NO3. The maximum absolute atomic E-state index is 12.1. The van der Waals surface area contributed by atoms with Crippen LogP contribution in [-0.4, -0.2) is 21.4 Å². The molecule has 17 heavy (non-hydrogen) atoms. The number of nitrogens with zero attached hydrogens (tertiary/aromatic N) is 1. The highest BCUT2D eigenvalue weighted by atomic mass is 16.4. The number of carboxylic acid groups (broad SMARTS) is 1. The zero-order valence-corrected chi connectivity index (χ0v) is 9.25. The van der Waals surface area contributed by atoms with E-state index in [0.717, 1.165) is 0 Å². The van der Waals surface area contributed by atoms with Crippen molar-refractivity contribution in [3.05, 3.63) is 59.4 Å². The van der Waals surface area contributed by atoms with Crippen LogP contribution < -0.4 is 0 Å². The molecule has 0 bridgehead atoms. The van der Waals surface area contributed by atoms with E-state index >= 15 is 0 Å². The van der Waals surface area contributed by atoms with Gasteiger partial charge in [0.2, 0.25) is 5.78 Å². The van der Waals surface area contributed by atoms with Gasteiger partial charge in [0, 0.05) is 18.8 Å². The van der Waals surface area contributed by atoms with Crippen molar-refractivity contribution in [1.82, 2.24) is 4.57 Å². The van der Waals surface area contributed by atoms with Gasteiger partial charge in [-0.25, -0.2) is 4.79 Å². The first kappa shape index (κ1) is 11.1. The van der Waals surface area contributed by atoms with Gasteiger partial charge >= 0.3 is 5.97 Å². The lowest BCUT2D eigenvalue weighted by Gasteiger charge is -2.01. The molecule has 0 saturated heterocycles. The molecule has 0 radical (unpaired) electrons. The second-order valence-electron chi connectivity index (χ2n) is 3.73. The monoisotopic (exact) mass is 229 g/mol. The van der Waals surface area contributed by atoms with E-state index in [1.54, 1.807) is 31.3 Å². The van der Waals surface area contributed by atoms with Gasteiger partial charge in [-0.3, -0.25) is 4.79 Å². The van der Waals surface area contributed by atoms with Crippen LogP contribution in [0.25, 0.3) is 0 Å². The van der Waals surface area contributed by atoms with Crippen LogP contribution in [-0.2, 0) is 7.05 Å². The average molecular weight is 229 g/mol. The summed E-state index contributed by atoms with van der Waals surface area (Å²) in [4.78, 5) is 22.9. The van der Waals surface area contributed by atoms with E-state index in [1.807, 2.05) is 6.07 Å². The van der Waals surface area contributed by atoms with Crippen molar-refractivity contribution in [1.29, 1.82) is 0 Å². The molecule has 1 heterocycles. The third kappa shape index (κ3) is 2.10. The van der Waals surface area contributed by atoms with Gasteiger partial charge in [-0.05, 0) is 6.07 Å². The molecular weight excluding hydrogens is 218 g/mol. The molecule has 0 amide bonds. The molecule has 4 nitrogen and oxygen atoms in total. The number of ketones is 1. The Bertz CT molecular complexity index is 570. The normalized spacial score (nSPS) is 10.2. The Balaban J connectivity index is 2.41. The van der Waals surface area contributed by atoms with Gasteiger partial charge in [0.1, 0.15) is 0 Å². The zero-order chi connectivity index (χ0) is 12.4. The van der Waals surface area contributed by atoms with Crippen molar-refractivity contribution in [3.8, 4) is 0 Å². The number of benzene rings is 1. The largest absolute Gasteiger partial charge is 0.478 e. The Morgan fingerprint density at radius 3 is 2.29 bits per heavy atom. The van der Waals surface area contributed by atoms with Crippen molar-refractivity contribution in [2.75, 3.05) is 0 Å². The summed E-state index contributed by atoms with van der Waals surface area (Å²) in [5, 5.41) is 8.85. The first-order chi connectivity index (χ1) is 8.09. The molecule has 2 rings (SSSR count). The number of carbonyl (C=O) groups is 2. The van der Waals surface area contributed by atoms with Crippen LogP contribution in [0.5, 0.6) is 0 Å². The molecule has 0 aliphatic rings. The first-order valence-corrected chi connectivity index (χ1v) is 5.09. The first-order valence-electron chi connectivity index (χ1n) is 5.09. The van der Waals surface area contributed by atoms with E-state index in [9.17, 15) is 9.59 Å². The molecule has 0 unspecified atom stereocenters. The van der Waals surface area contributed by atoms with Crippen LogP contribution in [0.3, 0.4) is 0 Å². The van der Waals surface area contributed by atoms with Crippen LogP contribution in [0.15, 0.2) is 42.6 Å². The Labute approximate surface area is 98.1 Å². The highest BCUT2D eigenvalue weighted by Crippen LogP contribution is 2.13. The Morgan fingerprint density at radius 1 is 1.12 bits per heavy atom. The number of hydrogen-bond donors (Lipinski definition) is 1. The smallest absolute Gasteiger partial charge is 0.337 e. The van der Waals surface area contributed by atoms with E-state index in [4.69, 9.17) is 5.11 Å². The molecule has 0 saturated carbocycles. The summed E-state index contributed by atoms with van der Waals surface area (Å²) in [6, 6.07) is 10.2. The molecule has 0 aliphatic heterocycles. The number of carbonyl (C=O) groups excluding carboxylic acids is 1. The van der Waals surface area contributed by atoms with Crippen molar-refractivity contribution >= 4 is 11.8 Å². The Hall–Kier alpha value is -2.36. The number of aryl methyl sites for hydroxylation is 1. The van der Waals surface area contributed by atoms with Crippen molar-refractivity contribution in [2.45, 2.75) is 0 Å². The number of rotatable bonds is 3. The van der Waals surface area contributed by atoms with Crippen molar-refractivity contribution in [2.24, 2.45) is 7.05 Å². The van der Waals surface area contributed by atoms with Crippen LogP contribution in [0.1, 0.15) is 26.4 Å². The third-order valence-corrected chi connectivity index (χ3v) is 2.52. The summed E-state index contributed by atoms with van der Waals surface area (Å²) < 4.78 is 1.53. The molecule has 2 aromatic rings. The summed E-state index contributed by atoms with van der Waals surface area (Å²) in [5.74, 6) is -1.21. The van der Waals surface area contributed by atoms with Crippen LogP contribution >= 0.6 is 0 Å². The molecule has 1 aromatic carbocycles. The summed E-state index contributed by atoms with van der Waals surface area (Å²) in [7, 11) is 1.66. The Kier molecular flexibility index (Phi) is 2.78. The molecule has 0 aliphatic carbocycles. The molecule has 4 heteroatoms. The van der Waals surface area contributed by atoms with Crippen molar-refractivity contribution < 1.29 is 14.7 Å². The van der Waals surface area contributed by atoms with Crippen molar-refractivity contribution in [3.63, 3.8) is 0 Å². The number of aromatic carboxylic acids is 1. The van der Waals surface area contributed by atoms with Gasteiger partial charge in [0.25, 0.3) is 0 Å². The van der Waals surface area contributed by atoms with E-state index in [2.05, 4.69) is 0 Å². The van der Waals surface area contributed by atoms with Gasteiger partial charge in [-0.15, -0.1) is 0 Å². The fourth-order valence-electron chi connectivity index (χ4n) is 1.64. The maximum Gasteiger partial charge on any atom is 0.337 e. The van der Waals surface area contributed by atoms with Crippen LogP contribution in [0.4, 0.5) is 0 Å². The minimum atomic E-state index is -1.03. The van der Waals surface area contributed by atoms with E-state index in [0.29, 0.717) is 11.3 Å². The lowest BCUT2D eigenvalue weighted by atomic mass is 10.1. The van der Waals surface area contributed by atoms with Crippen LogP contribution in [0, 0.1) is 0 Å². The fourth-order valence-corrected chi connectivity index (χ4v) is 1.64. The van der Waals surface area contributed by atoms with Gasteiger partial charge in [0.05, 0.1) is 11.3 Å². The van der Waals surface area contributed by atoms with E-state index in [-0.39, 0.29) is 11.3 Å². The van der Waals surface area contributed by atoms with Crippen LogP contribution in [0.2, 0.25) is 0 Å². The van der Waals surface area contributed by atoms with Gasteiger partial charge in [-0.2, -0.15) is 0 Å². The second-order valence-corrected chi connectivity index (χ2v) is 3.73. The summed E-state index contributed by atoms with van der Waals surface area (Å²) in [5.41, 5.74) is 1.03. The third-order valence-electron chi connectivity index (χ3n) is 2.52. The van der Waals surface area contributed by atoms with Gasteiger partial charge < -0.3 is 9.67 Å². The molecule has 1 N–H and O–H groups in total. The standard InChI is InChI=1S/C13H11NO3/c1-14-8-10(13(16)17)7-11(14)12(15)9-5-3-2-4-6-9/h2-8H,1H3,(H,16,17). The van der Waals surface area contributed by atoms with E-state index < -0.39 is 5.97 Å². The SMILES string of the molecule is Cn1cc(C(=O)O)cc1C(=O)c1ccccc1. The second kappa shape index (κ2) is 4.25. The quantitative estimate of drug-likeness (QED) is 0.818. The van der Waals surface area contributed by atoms with Gasteiger partial charge in [-0.1, -0.05) is 30.3 Å². The highest BCUT2D eigenvalue weighted by molar-refractivity contribution is 6.09. The summed E-state index contributed by atoms with van der Waals surface area (Å²) in [6.07, 6.45) is 1.43. The molecule has 86 valence electrons. The minimum Gasteiger partial charge on any atom is -0.478 e. The van der Waals surface area contributed by atoms with E-state index in [1.165, 1.54) is 16.8 Å². The predicted octanol–water partition coefficient (Wildman–Crippen LogP) is 1.95. The summed E-state index contributed by atoms with van der Waals surface area (Å²) in [6.45, 7) is 0. The average Bonchev–Trinajstić information content (AvgIpc) is 2.72. The molecule has 0 atom stereocenters. The van der Waals surface area contributed by atoms with Gasteiger partial charge in [0.15, 0.2) is 0 Å². The number of aromatic nitrogens is 1. The maximum atomic E-state index is 12.1. The predicted molar refractivity (Wildman–Crippen MR) is 62.2 cm³/mol. The molecule has 0 spiro atoms. The fraction of sp³-hybridized carbons (Fsp3) is 0.0769. The number of hydrogen-bond acceptors (Lipinski definition) is 2. The summed E-state index contributed by atoms with van der Waals surface area (Å²) >= 11 is 0. The topological polar surface area (TPSA) is 59.3 Å². The lowest BCUT2D eigenvalue weighted by molar-refractivity contribution is 0.0697. The minimum absolute atomic E-state index is 0.117. The highest BCUT2D eigenvalue weighted by Gasteiger charge is 2.16. The lowest BCUT2D eigenvalue weighted by Crippen LogP contribution is -2.06.